The second kappa shape index (κ2) is 6.65. The van der Waals surface area contributed by atoms with Crippen molar-refractivity contribution in [2.75, 3.05) is 0 Å². The fourth-order valence-electron chi connectivity index (χ4n) is 3.20. The average Bonchev–Trinajstić information content (AvgIpc) is 3.23. The number of rotatable bonds is 5. The maximum absolute atomic E-state index is 12.9. The SMILES string of the molecule is O=C(NCc1coc(-c2cccs2)n1)C1(c2cccc(Cl)c2)CCC1. The Morgan fingerprint density at radius 3 is 2.88 bits per heavy atom. The van der Waals surface area contributed by atoms with E-state index in [-0.39, 0.29) is 5.91 Å². The Bertz CT molecular complexity index is 884. The van der Waals surface area contributed by atoms with Crippen LogP contribution in [0.15, 0.2) is 52.5 Å². The van der Waals surface area contributed by atoms with Gasteiger partial charge < -0.3 is 9.73 Å². The summed E-state index contributed by atoms with van der Waals surface area (Å²) in [5, 5.41) is 5.66. The summed E-state index contributed by atoms with van der Waals surface area (Å²) >= 11 is 7.68. The molecule has 0 spiro atoms. The molecule has 1 aliphatic carbocycles. The molecule has 0 aliphatic heterocycles. The molecule has 2 heterocycles. The van der Waals surface area contributed by atoms with Gasteiger partial charge in [0.05, 0.1) is 22.5 Å². The van der Waals surface area contributed by atoms with Crippen molar-refractivity contribution in [3.8, 4) is 10.8 Å². The molecule has 1 N–H and O–H groups in total. The Labute approximate surface area is 154 Å². The number of amides is 1. The number of thiophene rings is 1. The Kier molecular flexibility index (Phi) is 4.36. The van der Waals surface area contributed by atoms with E-state index in [1.54, 1.807) is 17.6 Å². The molecular formula is C19H17ClN2O2S. The number of benzene rings is 1. The number of oxazole rings is 1. The van der Waals surface area contributed by atoms with Crippen molar-refractivity contribution in [1.82, 2.24) is 10.3 Å². The Balaban J connectivity index is 1.46. The quantitative estimate of drug-likeness (QED) is 0.700. The third-order valence-electron chi connectivity index (χ3n) is 4.73. The van der Waals surface area contributed by atoms with Gasteiger partial charge in [-0.1, -0.05) is 36.2 Å². The van der Waals surface area contributed by atoms with Crippen LogP contribution in [0.25, 0.3) is 10.8 Å². The van der Waals surface area contributed by atoms with Crippen molar-refractivity contribution >= 4 is 28.8 Å². The van der Waals surface area contributed by atoms with Gasteiger partial charge >= 0.3 is 0 Å². The second-order valence-electron chi connectivity index (χ2n) is 6.25. The fraction of sp³-hybridized carbons (Fsp3) is 0.263. The highest BCUT2D eigenvalue weighted by atomic mass is 35.5. The molecule has 3 aromatic rings. The Morgan fingerprint density at radius 1 is 1.32 bits per heavy atom. The van der Waals surface area contributed by atoms with E-state index < -0.39 is 5.41 Å². The van der Waals surface area contributed by atoms with Gasteiger partial charge in [-0.15, -0.1) is 11.3 Å². The number of nitrogens with one attached hydrogen (secondary N) is 1. The molecule has 0 saturated heterocycles. The lowest BCUT2D eigenvalue weighted by molar-refractivity contribution is -0.130. The van der Waals surface area contributed by atoms with Crippen LogP contribution in [0.2, 0.25) is 5.02 Å². The zero-order valence-corrected chi connectivity index (χ0v) is 15.1. The predicted octanol–water partition coefficient (Wildman–Crippen LogP) is 4.79. The summed E-state index contributed by atoms with van der Waals surface area (Å²) in [7, 11) is 0. The maximum atomic E-state index is 12.9. The monoisotopic (exact) mass is 372 g/mol. The van der Waals surface area contributed by atoms with Crippen LogP contribution in [0.4, 0.5) is 0 Å². The lowest BCUT2D eigenvalue weighted by atomic mass is 9.64. The normalized spacial score (nSPS) is 15.6. The lowest BCUT2D eigenvalue weighted by Crippen LogP contribution is -2.49. The van der Waals surface area contributed by atoms with E-state index in [2.05, 4.69) is 10.3 Å². The molecule has 0 bridgehead atoms. The minimum atomic E-state index is -0.467. The molecule has 4 nitrogen and oxygen atoms in total. The van der Waals surface area contributed by atoms with Gasteiger partial charge in [-0.25, -0.2) is 4.98 Å². The Morgan fingerprint density at radius 2 is 2.20 bits per heavy atom. The van der Waals surface area contributed by atoms with Crippen LogP contribution in [0.3, 0.4) is 0 Å². The van der Waals surface area contributed by atoms with Crippen LogP contribution in [0, 0.1) is 0 Å². The molecule has 1 saturated carbocycles. The third kappa shape index (κ3) is 3.10. The van der Waals surface area contributed by atoms with Crippen molar-refractivity contribution in [2.24, 2.45) is 0 Å². The standard InChI is InChI=1S/C19H17ClN2O2S/c20-14-5-1-4-13(10-14)19(7-3-8-19)18(23)21-11-15-12-24-17(22-15)16-6-2-9-25-16/h1-2,4-6,9-10,12H,3,7-8,11H2,(H,21,23). The summed E-state index contributed by atoms with van der Waals surface area (Å²) in [4.78, 5) is 18.3. The average molecular weight is 373 g/mol. The van der Waals surface area contributed by atoms with Gasteiger partial charge in [0.25, 0.3) is 0 Å². The summed E-state index contributed by atoms with van der Waals surface area (Å²) in [5.74, 6) is 0.620. The number of hydrogen-bond acceptors (Lipinski definition) is 4. The highest BCUT2D eigenvalue weighted by molar-refractivity contribution is 7.13. The highest BCUT2D eigenvalue weighted by Crippen LogP contribution is 2.44. The van der Waals surface area contributed by atoms with E-state index in [4.69, 9.17) is 16.0 Å². The first kappa shape index (κ1) is 16.4. The predicted molar refractivity (Wildman–Crippen MR) is 98.6 cm³/mol. The van der Waals surface area contributed by atoms with Gasteiger partial charge in [0.15, 0.2) is 0 Å². The second-order valence-corrected chi connectivity index (χ2v) is 7.63. The first-order valence-corrected chi connectivity index (χ1v) is 9.46. The topological polar surface area (TPSA) is 55.1 Å². The molecular weight excluding hydrogens is 356 g/mol. The number of carbonyl (C=O) groups is 1. The van der Waals surface area contributed by atoms with Crippen LogP contribution < -0.4 is 5.32 Å². The number of hydrogen-bond donors (Lipinski definition) is 1. The number of carbonyl (C=O) groups excluding carboxylic acids is 1. The summed E-state index contributed by atoms with van der Waals surface area (Å²) < 4.78 is 5.50. The minimum Gasteiger partial charge on any atom is -0.443 e. The zero-order chi connectivity index (χ0) is 17.3. The van der Waals surface area contributed by atoms with Gasteiger partial charge in [0.1, 0.15) is 6.26 Å². The Hall–Kier alpha value is -2.11. The van der Waals surface area contributed by atoms with E-state index in [0.717, 1.165) is 35.4 Å². The molecule has 1 amide bonds. The largest absolute Gasteiger partial charge is 0.443 e. The van der Waals surface area contributed by atoms with Crippen molar-refractivity contribution in [3.05, 3.63) is 64.3 Å². The number of aromatic nitrogens is 1. The molecule has 0 unspecified atom stereocenters. The van der Waals surface area contributed by atoms with E-state index in [1.807, 2.05) is 41.8 Å². The molecule has 1 aliphatic rings. The van der Waals surface area contributed by atoms with Crippen molar-refractivity contribution in [1.29, 1.82) is 0 Å². The molecule has 6 heteroatoms. The number of nitrogens with zero attached hydrogens (tertiary/aromatic N) is 1. The van der Waals surface area contributed by atoms with E-state index in [9.17, 15) is 4.79 Å². The molecule has 0 radical (unpaired) electrons. The van der Waals surface area contributed by atoms with E-state index >= 15 is 0 Å². The summed E-state index contributed by atoms with van der Waals surface area (Å²) in [6.07, 6.45) is 4.34. The maximum Gasteiger partial charge on any atom is 0.236 e. The molecule has 25 heavy (non-hydrogen) atoms. The van der Waals surface area contributed by atoms with E-state index in [1.165, 1.54) is 0 Å². The van der Waals surface area contributed by atoms with Crippen LogP contribution in [-0.4, -0.2) is 10.9 Å². The summed E-state index contributed by atoms with van der Waals surface area (Å²) in [6, 6.07) is 11.5. The van der Waals surface area contributed by atoms with Crippen molar-refractivity contribution < 1.29 is 9.21 Å². The first-order valence-electron chi connectivity index (χ1n) is 8.20. The van der Waals surface area contributed by atoms with Crippen LogP contribution in [0.1, 0.15) is 30.5 Å². The molecule has 128 valence electrons. The van der Waals surface area contributed by atoms with Gasteiger partial charge in [-0.05, 0) is 42.0 Å². The first-order chi connectivity index (χ1) is 12.2. The molecule has 4 rings (SSSR count). The van der Waals surface area contributed by atoms with Gasteiger partial charge in [-0.3, -0.25) is 4.79 Å². The van der Waals surface area contributed by atoms with Crippen molar-refractivity contribution in [3.63, 3.8) is 0 Å². The number of halogens is 1. The van der Waals surface area contributed by atoms with Gasteiger partial charge in [0, 0.05) is 5.02 Å². The van der Waals surface area contributed by atoms with Gasteiger partial charge in [-0.2, -0.15) is 0 Å². The zero-order valence-electron chi connectivity index (χ0n) is 13.5. The fourth-order valence-corrected chi connectivity index (χ4v) is 4.05. The lowest BCUT2D eigenvalue weighted by Gasteiger charge is -2.40. The van der Waals surface area contributed by atoms with Crippen molar-refractivity contribution in [2.45, 2.75) is 31.2 Å². The summed E-state index contributed by atoms with van der Waals surface area (Å²) in [6.45, 7) is 0.357. The molecule has 0 atom stereocenters. The minimum absolute atomic E-state index is 0.0293. The van der Waals surface area contributed by atoms with Crippen LogP contribution in [0.5, 0.6) is 0 Å². The summed E-state index contributed by atoms with van der Waals surface area (Å²) in [5.41, 5.74) is 1.24. The smallest absolute Gasteiger partial charge is 0.236 e. The highest BCUT2D eigenvalue weighted by Gasteiger charge is 2.45. The molecule has 1 fully saturated rings. The molecule has 2 aromatic heterocycles. The van der Waals surface area contributed by atoms with Crippen LogP contribution >= 0.6 is 22.9 Å². The van der Waals surface area contributed by atoms with Crippen LogP contribution in [-0.2, 0) is 16.8 Å². The van der Waals surface area contributed by atoms with Gasteiger partial charge in [0.2, 0.25) is 11.8 Å². The molecule has 1 aromatic carbocycles. The van der Waals surface area contributed by atoms with E-state index in [0.29, 0.717) is 17.5 Å². The third-order valence-corrected chi connectivity index (χ3v) is 5.83.